The first-order chi connectivity index (χ1) is 15.3. The number of nitro benzene ring substituents is 1. The average molecular weight is 446 g/mol. The van der Waals surface area contributed by atoms with E-state index in [1.807, 2.05) is 19.0 Å². The summed E-state index contributed by atoms with van der Waals surface area (Å²) < 4.78 is 11.7. The van der Waals surface area contributed by atoms with Crippen molar-refractivity contribution in [3.8, 4) is 5.75 Å². The van der Waals surface area contributed by atoms with Gasteiger partial charge in [0.15, 0.2) is 5.82 Å². The first-order valence-electron chi connectivity index (χ1n) is 10.2. The van der Waals surface area contributed by atoms with Crippen LogP contribution < -0.4 is 15.4 Å². The second-order valence-corrected chi connectivity index (χ2v) is 7.35. The number of benzene rings is 1. The highest BCUT2D eigenvalue weighted by molar-refractivity contribution is 6.07. The number of ether oxygens (including phenoxy) is 2. The van der Waals surface area contributed by atoms with Crippen molar-refractivity contribution in [2.75, 3.05) is 45.7 Å². The van der Waals surface area contributed by atoms with Crippen LogP contribution in [0.15, 0.2) is 18.2 Å². The molecule has 0 fully saturated rings. The maximum Gasteiger partial charge on any atom is 0.434 e. The number of likely N-dealkylation sites (N-methyl/N-ethyl adjacent to an activating group) is 1. The van der Waals surface area contributed by atoms with E-state index in [0.717, 1.165) is 4.68 Å². The normalized spacial score (nSPS) is 12.9. The number of rotatable bonds is 8. The molecular formula is C20H26N6O6. The summed E-state index contributed by atoms with van der Waals surface area (Å²) in [6.07, 6.45) is -0.118. The molecule has 12 heteroatoms. The number of nitrogens with zero attached hydrogens (tertiary/aromatic N) is 4. The van der Waals surface area contributed by atoms with Crippen molar-refractivity contribution in [3.05, 3.63) is 45.1 Å². The number of amides is 1. The average Bonchev–Trinajstić information content (AvgIpc) is 3.12. The van der Waals surface area contributed by atoms with Gasteiger partial charge in [0.25, 0.3) is 11.6 Å². The summed E-state index contributed by atoms with van der Waals surface area (Å²) in [6.45, 7) is 3.89. The molecule has 12 nitrogen and oxygen atoms in total. The third-order valence-electron chi connectivity index (χ3n) is 4.82. The number of hydrogen-bond acceptors (Lipinski definition) is 9. The number of aromatic nitrogens is 2. The van der Waals surface area contributed by atoms with Crippen LogP contribution in [-0.2, 0) is 17.7 Å². The maximum absolute atomic E-state index is 12.9. The van der Waals surface area contributed by atoms with Crippen LogP contribution in [0.4, 0.5) is 16.3 Å². The fourth-order valence-electron chi connectivity index (χ4n) is 3.25. The summed E-state index contributed by atoms with van der Waals surface area (Å²) in [5.74, 6) is -0.257. The van der Waals surface area contributed by atoms with E-state index < -0.39 is 16.9 Å². The Balaban J connectivity index is 1.85. The molecule has 0 spiro atoms. The first-order valence-corrected chi connectivity index (χ1v) is 10.2. The molecule has 0 saturated carbocycles. The van der Waals surface area contributed by atoms with Gasteiger partial charge in [0, 0.05) is 31.6 Å². The number of anilines is 1. The molecule has 0 saturated heterocycles. The number of nitro groups is 1. The number of carbonyl (C=O) groups is 2. The van der Waals surface area contributed by atoms with Crippen LogP contribution in [0, 0.1) is 10.1 Å². The molecular weight excluding hydrogens is 420 g/mol. The zero-order valence-electron chi connectivity index (χ0n) is 18.2. The Hall–Kier alpha value is -3.51. The monoisotopic (exact) mass is 446 g/mol. The number of nitrogens with one attached hydrogen (secondary N) is 2. The standard InChI is InChI=1S/C20H26N6O6/c1-4-31-20(28)25-16-7-8-21-12-15(16)18(23-25)22-19(27)14-6-5-13(11-17(14)26(29)30)32-10-9-24(2)3/h5-6,11,21H,4,7-10,12H2,1-3H3,(H,22,23,27). The molecule has 172 valence electrons. The van der Waals surface area contributed by atoms with E-state index in [9.17, 15) is 19.7 Å². The lowest BCUT2D eigenvalue weighted by molar-refractivity contribution is -0.385. The molecule has 0 atom stereocenters. The molecule has 2 heterocycles. The van der Waals surface area contributed by atoms with Crippen LogP contribution in [-0.4, -0.2) is 72.0 Å². The van der Waals surface area contributed by atoms with Gasteiger partial charge < -0.3 is 25.0 Å². The number of carbonyl (C=O) groups excluding carboxylic acids is 2. The molecule has 0 radical (unpaired) electrons. The number of hydrogen-bond donors (Lipinski definition) is 2. The number of fused-ring (bicyclic) bond motifs is 1. The fourth-order valence-corrected chi connectivity index (χ4v) is 3.25. The molecule has 1 aliphatic rings. The molecule has 1 aliphatic heterocycles. The maximum atomic E-state index is 12.9. The predicted molar refractivity (Wildman–Crippen MR) is 115 cm³/mol. The summed E-state index contributed by atoms with van der Waals surface area (Å²) >= 11 is 0. The topological polar surface area (TPSA) is 141 Å². The highest BCUT2D eigenvalue weighted by atomic mass is 16.6. The van der Waals surface area contributed by atoms with E-state index in [0.29, 0.717) is 49.7 Å². The van der Waals surface area contributed by atoms with Crippen molar-refractivity contribution in [1.29, 1.82) is 0 Å². The molecule has 32 heavy (non-hydrogen) atoms. The summed E-state index contributed by atoms with van der Waals surface area (Å²) in [7, 11) is 3.77. The van der Waals surface area contributed by atoms with Gasteiger partial charge in [-0.25, -0.2) is 4.79 Å². The van der Waals surface area contributed by atoms with Gasteiger partial charge in [-0.05, 0) is 33.2 Å². The molecule has 3 rings (SSSR count). The Bertz CT molecular complexity index is 1020. The third kappa shape index (κ3) is 5.21. The zero-order valence-corrected chi connectivity index (χ0v) is 18.2. The van der Waals surface area contributed by atoms with Crippen molar-refractivity contribution < 1.29 is 24.0 Å². The van der Waals surface area contributed by atoms with Gasteiger partial charge in [0.2, 0.25) is 0 Å². The second-order valence-electron chi connectivity index (χ2n) is 7.35. The van der Waals surface area contributed by atoms with Gasteiger partial charge in [-0.3, -0.25) is 14.9 Å². The van der Waals surface area contributed by atoms with E-state index >= 15 is 0 Å². The van der Waals surface area contributed by atoms with Gasteiger partial charge in [-0.15, -0.1) is 5.10 Å². The lowest BCUT2D eigenvalue weighted by Crippen LogP contribution is -2.27. The Morgan fingerprint density at radius 2 is 2.16 bits per heavy atom. The van der Waals surface area contributed by atoms with Crippen molar-refractivity contribution in [2.45, 2.75) is 19.9 Å². The van der Waals surface area contributed by atoms with E-state index in [4.69, 9.17) is 9.47 Å². The van der Waals surface area contributed by atoms with E-state index in [-0.39, 0.29) is 23.7 Å². The minimum atomic E-state index is -0.710. The Morgan fingerprint density at radius 3 is 2.84 bits per heavy atom. The minimum Gasteiger partial charge on any atom is -0.492 e. The highest BCUT2D eigenvalue weighted by Crippen LogP contribution is 2.28. The smallest absolute Gasteiger partial charge is 0.434 e. The van der Waals surface area contributed by atoms with Crippen LogP contribution in [0.25, 0.3) is 0 Å². The quantitative estimate of drug-likeness (QED) is 0.457. The predicted octanol–water partition coefficient (Wildman–Crippen LogP) is 1.63. The molecule has 2 N–H and O–H groups in total. The summed E-state index contributed by atoms with van der Waals surface area (Å²) in [6, 6.07) is 4.07. The van der Waals surface area contributed by atoms with Crippen molar-refractivity contribution in [1.82, 2.24) is 20.0 Å². The van der Waals surface area contributed by atoms with Crippen LogP contribution in [0.2, 0.25) is 0 Å². The van der Waals surface area contributed by atoms with Crippen molar-refractivity contribution in [2.24, 2.45) is 0 Å². The molecule has 0 aliphatic carbocycles. The second kappa shape index (κ2) is 10.2. The van der Waals surface area contributed by atoms with E-state index in [1.165, 1.54) is 18.2 Å². The van der Waals surface area contributed by atoms with Gasteiger partial charge in [0.1, 0.15) is 17.9 Å². The van der Waals surface area contributed by atoms with Gasteiger partial charge in [0.05, 0.1) is 23.3 Å². The van der Waals surface area contributed by atoms with Gasteiger partial charge in [-0.1, -0.05) is 0 Å². The Labute approximate surface area is 184 Å². The molecule has 1 aromatic carbocycles. The lowest BCUT2D eigenvalue weighted by atomic mass is 10.1. The summed E-state index contributed by atoms with van der Waals surface area (Å²) in [5.41, 5.74) is 0.750. The lowest BCUT2D eigenvalue weighted by Gasteiger charge is -2.15. The van der Waals surface area contributed by atoms with Crippen LogP contribution in [0.3, 0.4) is 0 Å². The molecule has 0 bridgehead atoms. The summed E-state index contributed by atoms with van der Waals surface area (Å²) in [4.78, 5) is 38.0. The third-order valence-corrected chi connectivity index (χ3v) is 4.82. The molecule has 1 amide bonds. The molecule has 0 unspecified atom stereocenters. The van der Waals surface area contributed by atoms with Crippen molar-refractivity contribution in [3.63, 3.8) is 0 Å². The SMILES string of the molecule is CCOC(=O)n1nc(NC(=O)c2ccc(OCCN(C)C)cc2[N+](=O)[O-])c2c1CCNC2. The van der Waals surface area contributed by atoms with Crippen molar-refractivity contribution >= 4 is 23.5 Å². The molecule has 2 aromatic rings. The summed E-state index contributed by atoms with van der Waals surface area (Å²) in [5, 5.41) is 21.5. The van der Waals surface area contributed by atoms with Crippen LogP contribution in [0.5, 0.6) is 5.75 Å². The highest BCUT2D eigenvalue weighted by Gasteiger charge is 2.28. The minimum absolute atomic E-state index is 0.141. The van der Waals surface area contributed by atoms with Gasteiger partial charge >= 0.3 is 6.09 Å². The van der Waals surface area contributed by atoms with E-state index in [1.54, 1.807) is 6.92 Å². The Kier molecular flexibility index (Phi) is 7.38. The van der Waals surface area contributed by atoms with E-state index in [2.05, 4.69) is 15.7 Å². The molecule has 1 aromatic heterocycles. The first kappa shape index (κ1) is 23.2. The zero-order chi connectivity index (χ0) is 23.3. The van der Waals surface area contributed by atoms with Gasteiger partial charge in [-0.2, -0.15) is 4.68 Å². The van der Waals surface area contributed by atoms with Crippen LogP contribution in [0.1, 0.15) is 28.5 Å². The Morgan fingerprint density at radius 1 is 1.38 bits per heavy atom. The fraction of sp³-hybridized carbons (Fsp3) is 0.450. The largest absolute Gasteiger partial charge is 0.492 e. The van der Waals surface area contributed by atoms with Crippen LogP contribution >= 0.6 is 0 Å².